The van der Waals surface area contributed by atoms with Crippen LogP contribution in [0.5, 0.6) is 0 Å². The van der Waals surface area contributed by atoms with Crippen LogP contribution in [0.25, 0.3) is 0 Å². The summed E-state index contributed by atoms with van der Waals surface area (Å²) >= 11 is 0. The first kappa shape index (κ1) is 16.7. The molecule has 0 unspecified atom stereocenters. The van der Waals surface area contributed by atoms with E-state index in [0.717, 1.165) is 62.3 Å². The molecule has 1 N–H and O–H groups in total. The number of carbonyl (C=O) groups is 1. The molecule has 0 bridgehead atoms. The lowest BCUT2D eigenvalue weighted by atomic mass is 9.95. The monoisotopic (exact) mass is 319 g/mol. The van der Waals surface area contributed by atoms with Crippen LogP contribution in [0, 0.1) is 19.8 Å². The zero-order valence-corrected chi connectivity index (χ0v) is 14.4. The summed E-state index contributed by atoms with van der Waals surface area (Å²) < 4.78 is 5.41. The standard InChI is InChI=1S/C18H29N3O2/c1-14-11-17(15(2)19-14)18(22)13-20-5-3-16(4-6-20)12-21-7-9-23-10-8-21/h11,16,19H,3-10,12-13H2,1-2H3. The van der Waals surface area contributed by atoms with Gasteiger partial charge in [0, 0.05) is 36.6 Å². The number of aromatic nitrogens is 1. The number of ether oxygens (including phenoxy) is 1. The Morgan fingerprint density at radius 1 is 1.17 bits per heavy atom. The number of Topliss-reactive ketones (excluding diaryl/α,β-unsaturated/α-hetero) is 1. The van der Waals surface area contributed by atoms with Crippen molar-refractivity contribution in [2.45, 2.75) is 26.7 Å². The highest BCUT2D eigenvalue weighted by atomic mass is 16.5. The SMILES string of the molecule is Cc1cc(C(=O)CN2CCC(CN3CCOCC3)CC2)c(C)[nH]1. The maximum absolute atomic E-state index is 12.5. The van der Waals surface area contributed by atoms with Gasteiger partial charge >= 0.3 is 0 Å². The lowest BCUT2D eigenvalue weighted by Gasteiger charge is -2.35. The van der Waals surface area contributed by atoms with Crippen LogP contribution in [-0.4, -0.2) is 73.0 Å². The molecule has 1 aromatic rings. The minimum atomic E-state index is 0.249. The number of piperidine rings is 1. The molecule has 5 heteroatoms. The van der Waals surface area contributed by atoms with Crippen LogP contribution >= 0.6 is 0 Å². The topological polar surface area (TPSA) is 48.6 Å². The van der Waals surface area contributed by atoms with Crippen molar-refractivity contribution in [3.63, 3.8) is 0 Å². The molecule has 2 aliphatic rings. The number of aromatic amines is 1. The quantitative estimate of drug-likeness (QED) is 0.842. The molecular weight excluding hydrogens is 290 g/mol. The molecule has 0 amide bonds. The fourth-order valence-corrected chi connectivity index (χ4v) is 3.78. The molecule has 0 spiro atoms. The van der Waals surface area contributed by atoms with Crippen molar-refractivity contribution in [1.82, 2.24) is 14.8 Å². The van der Waals surface area contributed by atoms with Gasteiger partial charge in [-0.05, 0) is 51.8 Å². The first-order valence-corrected chi connectivity index (χ1v) is 8.83. The molecule has 3 rings (SSSR count). The molecule has 2 fully saturated rings. The molecule has 2 saturated heterocycles. The Balaban J connectivity index is 1.43. The number of hydrogen-bond donors (Lipinski definition) is 1. The number of hydrogen-bond acceptors (Lipinski definition) is 4. The van der Waals surface area contributed by atoms with E-state index in [1.807, 2.05) is 19.9 Å². The van der Waals surface area contributed by atoms with E-state index >= 15 is 0 Å². The minimum Gasteiger partial charge on any atom is -0.379 e. The van der Waals surface area contributed by atoms with E-state index in [1.165, 1.54) is 19.4 Å². The summed E-state index contributed by atoms with van der Waals surface area (Å²) in [6.45, 7) is 11.7. The second-order valence-electron chi connectivity index (χ2n) is 7.05. The second kappa shape index (κ2) is 7.60. The van der Waals surface area contributed by atoms with E-state index in [0.29, 0.717) is 6.54 Å². The maximum atomic E-state index is 12.5. The van der Waals surface area contributed by atoms with Gasteiger partial charge in [0.2, 0.25) is 0 Å². The molecule has 23 heavy (non-hydrogen) atoms. The van der Waals surface area contributed by atoms with Gasteiger partial charge in [-0.15, -0.1) is 0 Å². The Bertz CT molecular complexity index is 526. The number of nitrogens with zero attached hydrogens (tertiary/aromatic N) is 2. The van der Waals surface area contributed by atoms with Crippen LogP contribution < -0.4 is 0 Å². The number of ketones is 1. The summed E-state index contributed by atoms with van der Waals surface area (Å²) in [6.07, 6.45) is 2.41. The molecule has 0 saturated carbocycles. The zero-order valence-electron chi connectivity index (χ0n) is 14.4. The fraction of sp³-hybridized carbons (Fsp3) is 0.722. The van der Waals surface area contributed by atoms with Gasteiger partial charge in [-0.3, -0.25) is 14.6 Å². The summed E-state index contributed by atoms with van der Waals surface area (Å²) in [4.78, 5) is 20.5. The molecule has 0 atom stereocenters. The number of H-pyrrole nitrogens is 1. The highest BCUT2D eigenvalue weighted by molar-refractivity contribution is 5.98. The molecule has 1 aromatic heterocycles. The highest BCUT2D eigenvalue weighted by Crippen LogP contribution is 2.20. The smallest absolute Gasteiger partial charge is 0.178 e. The number of aryl methyl sites for hydroxylation is 2. The lowest BCUT2D eigenvalue weighted by molar-refractivity contribution is 0.0245. The summed E-state index contributed by atoms with van der Waals surface area (Å²) in [7, 11) is 0. The summed E-state index contributed by atoms with van der Waals surface area (Å²) in [5.41, 5.74) is 2.92. The highest BCUT2D eigenvalue weighted by Gasteiger charge is 2.24. The average Bonchev–Trinajstić information content (AvgIpc) is 2.89. The number of rotatable bonds is 5. The van der Waals surface area contributed by atoms with Crippen molar-refractivity contribution in [2.75, 3.05) is 52.5 Å². The van der Waals surface area contributed by atoms with Gasteiger partial charge in [0.25, 0.3) is 0 Å². The molecule has 5 nitrogen and oxygen atoms in total. The van der Waals surface area contributed by atoms with Gasteiger partial charge in [0.1, 0.15) is 0 Å². The van der Waals surface area contributed by atoms with Crippen molar-refractivity contribution >= 4 is 5.78 Å². The third-order valence-corrected chi connectivity index (χ3v) is 5.14. The number of nitrogens with one attached hydrogen (secondary N) is 1. The Morgan fingerprint density at radius 3 is 2.48 bits per heavy atom. The Morgan fingerprint density at radius 2 is 1.87 bits per heavy atom. The zero-order chi connectivity index (χ0) is 16.2. The lowest BCUT2D eigenvalue weighted by Crippen LogP contribution is -2.43. The maximum Gasteiger partial charge on any atom is 0.178 e. The van der Waals surface area contributed by atoms with E-state index < -0.39 is 0 Å². The predicted octanol–water partition coefficient (Wildman–Crippen LogP) is 1.86. The number of likely N-dealkylation sites (tertiary alicyclic amines) is 1. The Labute approximate surface area is 139 Å². The van der Waals surface area contributed by atoms with Gasteiger partial charge in [0.15, 0.2) is 5.78 Å². The minimum absolute atomic E-state index is 0.249. The van der Waals surface area contributed by atoms with Crippen LogP contribution in [0.3, 0.4) is 0 Å². The van der Waals surface area contributed by atoms with E-state index in [1.54, 1.807) is 0 Å². The second-order valence-corrected chi connectivity index (χ2v) is 7.05. The Kier molecular flexibility index (Phi) is 5.51. The molecule has 128 valence electrons. The van der Waals surface area contributed by atoms with Crippen LogP contribution in [0.15, 0.2) is 6.07 Å². The third kappa shape index (κ3) is 4.43. The molecule has 3 heterocycles. The van der Waals surface area contributed by atoms with Crippen LogP contribution in [0.2, 0.25) is 0 Å². The first-order valence-electron chi connectivity index (χ1n) is 8.83. The van der Waals surface area contributed by atoms with E-state index in [9.17, 15) is 4.79 Å². The van der Waals surface area contributed by atoms with E-state index in [-0.39, 0.29) is 5.78 Å². The average molecular weight is 319 g/mol. The number of carbonyl (C=O) groups excluding carboxylic acids is 1. The normalized spacial score (nSPS) is 21.7. The molecule has 0 aromatic carbocycles. The predicted molar refractivity (Wildman–Crippen MR) is 91.0 cm³/mol. The van der Waals surface area contributed by atoms with Gasteiger partial charge < -0.3 is 9.72 Å². The van der Waals surface area contributed by atoms with E-state index in [4.69, 9.17) is 4.74 Å². The molecule has 0 aliphatic carbocycles. The third-order valence-electron chi connectivity index (χ3n) is 5.14. The molecule has 2 aliphatic heterocycles. The van der Waals surface area contributed by atoms with E-state index in [2.05, 4.69) is 14.8 Å². The van der Waals surface area contributed by atoms with Gasteiger partial charge in [-0.1, -0.05) is 0 Å². The van der Waals surface area contributed by atoms with Crippen molar-refractivity contribution in [3.05, 3.63) is 23.0 Å². The van der Waals surface area contributed by atoms with Crippen molar-refractivity contribution < 1.29 is 9.53 Å². The van der Waals surface area contributed by atoms with Gasteiger partial charge in [-0.25, -0.2) is 0 Å². The number of morpholine rings is 1. The van der Waals surface area contributed by atoms with Gasteiger partial charge in [-0.2, -0.15) is 0 Å². The van der Waals surface area contributed by atoms with Crippen molar-refractivity contribution in [3.8, 4) is 0 Å². The molecular formula is C18H29N3O2. The van der Waals surface area contributed by atoms with Crippen LogP contribution in [0.4, 0.5) is 0 Å². The molecule has 0 radical (unpaired) electrons. The van der Waals surface area contributed by atoms with Crippen molar-refractivity contribution in [2.24, 2.45) is 5.92 Å². The Hall–Kier alpha value is -1.17. The summed E-state index contributed by atoms with van der Waals surface area (Å²) in [5, 5.41) is 0. The van der Waals surface area contributed by atoms with Crippen LogP contribution in [0.1, 0.15) is 34.6 Å². The summed E-state index contributed by atoms with van der Waals surface area (Å²) in [5.74, 6) is 1.02. The largest absolute Gasteiger partial charge is 0.379 e. The summed E-state index contributed by atoms with van der Waals surface area (Å²) in [6, 6.07) is 1.98. The first-order chi connectivity index (χ1) is 11.1. The van der Waals surface area contributed by atoms with Gasteiger partial charge in [0.05, 0.1) is 19.8 Å². The van der Waals surface area contributed by atoms with Crippen molar-refractivity contribution in [1.29, 1.82) is 0 Å². The fourth-order valence-electron chi connectivity index (χ4n) is 3.78. The van der Waals surface area contributed by atoms with Crippen LogP contribution in [-0.2, 0) is 4.74 Å².